The third-order valence-corrected chi connectivity index (χ3v) is 12.9. The quantitative estimate of drug-likeness (QED) is 0.263. The van der Waals surface area contributed by atoms with Gasteiger partial charge in [-0.1, -0.05) is 60.1 Å². The smallest absolute Gasteiger partial charge is 0.186 e. The zero-order valence-corrected chi connectivity index (χ0v) is 26.8. The molecule has 5 N–H and O–H groups in total. The summed E-state index contributed by atoms with van der Waals surface area (Å²) in [5.74, 6) is 2.95. The zero-order chi connectivity index (χ0) is 30.6. The number of aliphatic hydroxyl groups excluding tert-OH is 5. The lowest BCUT2D eigenvalue weighted by Crippen LogP contribution is -2.60. The van der Waals surface area contributed by atoms with E-state index in [2.05, 4.69) is 53.7 Å². The second-order valence-electron chi connectivity index (χ2n) is 15.4. The van der Waals surface area contributed by atoms with Gasteiger partial charge in [0.05, 0.1) is 18.8 Å². The Morgan fingerprint density at radius 2 is 1.76 bits per heavy atom. The Bertz CT molecular complexity index is 1010. The van der Waals surface area contributed by atoms with E-state index in [1.807, 2.05) is 0 Å². The Hall–Kier alpha value is -0.800. The Labute approximate surface area is 253 Å². The van der Waals surface area contributed by atoms with Crippen molar-refractivity contribution in [3.8, 4) is 0 Å². The molecule has 7 nitrogen and oxygen atoms in total. The number of rotatable bonds is 9. The monoisotopic (exact) mass is 590 g/mol. The number of ether oxygens (including phenoxy) is 2. The lowest BCUT2D eigenvalue weighted by Gasteiger charge is -2.54. The van der Waals surface area contributed by atoms with Crippen LogP contribution in [0.15, 0.2) is 23.3 Å². The highest BCUT2D eigenvalue weighted by molar-refractivity contribution is 5.46. The van der Waals surface area contributed by atoms with Gasteiger partial charge in [-0.05, 0) is 109 Å². The van der Waals surface area contributed by atoms with Crippen LogP contribution in [0, 0.1) is 46.3 Å². The molecule has 1 aliphatic heterocycles. The molecule has 0 aromatic carbocycles. The highest BCUT2D eigenvalue weighted by Crippen LogP contribution is 2.65. The lowest BCUT2D eigenvalue weighted by atomic mass is 9.51. The lowest BCUT2D eigenvalue weighted by molar-refractivity contribution is -0.314. The molecule has 5 rings (SSSR count). The van der Waals surface area contributed by atoms with Gasteiger partial charge in [0.15, 0.2) is 6.29 Å². The molecule has 0 aromatic rings. The average molecular weight is 591 g/mol. The number of aliphatic hydroxyl groups is 5. The van der Waals surface area contributed by atoms with Crippen LogP contribution in [0.5, 0.6) is 0 Å². The van der Waals surface area contributed by atoms with Crippen LogP contribution in [-0.2, 0) is 9.47 Å². The molecule has 3 fully saturated rings. The van der Waals surface area contributed by atoms with Crippen LogP contribution < -0.4 is 0 Å². The molecule has 0 radical (unpaired) electrons. The van der Waals surface area contributed by atoms with Gasteiger partial charge < -0.3 is 35.0 Å². The van der Waals surface area contributed by atoms with Crippen LogP contribution in [-0.4, -0.2) is 75.1 Å². The van der Waals surface area contributed by atoms with Crippen LogP contribution in [0.25, 0.3) is 0 Å². The van der Waals surface area contributed by atoms with Crippen molar-refractivity contribution in [2.24, 2.45) is 46.3 Å². The maximum atomic E-state index is 11.4. The van der Waals surface area contributed by atoms with Crippen molar-refractivity contribution in [2.75, 3.05) is 6.61 Å². The van der Waals surface area contributed by atoms with Gasteiger partial charge in [0.1, 0.15) is 24.4 Å². The summed E-state index contributed by atoms with van der Waals surface area (Å²) in [6, 6.07) is 0. The number of hydrogen-bond acceptors (Lipinski definition) is 7. The SMILES string of the molecule is CC[C@H](C[C@@H](O)[C@@H](C)[C@H]1CC[C@H]2C3=CCC4C[C@@H](O[C@@H]5O[C@H](CO)[C@H](O)[C@H](O)[C@H]5O)CC[C@]4(C)C3=CC[C@]12C)C(C)C. The van der Waals surface area contributed by atoms with Crippen LogP contribution in [0.3, 0.4) is 0 Å². The maximum absolute atomic E-state index is 11.4. The minimum atomic E-state index is -1.42. The molecule has 0 amide bonds. The van der Waals surface area contributed by atoms with E-state index in [4.69, 9.17) is 9.47 Å². The minimum Gasteiger partial charge on any atom is -0.394 e. The normalized spacial score (nSPS) is 45.8. The number of allylic oxidation sites excluding steroid dienone is 4. The third-order valence-electron chi connectivity index (χ3n) is 12.9. The molecule has 240 valence electrons. The van der Waals surface area contributed by atoms with Crippen LogP contribution in [0.2, 0.25) is 0 Å². The van der Waals surface area contributed by atoms with Crippen molar-refractivity contribution in [3.05, 3.63) is 23.3 Å². The molecule has 0 bridgehead atoms. The van der Waals surface area contributed by atoms with E-state index in [0.717, 1.165) is 44.9 Å². The molecule has 1 saturated heterocycles. The van der Waals surface area contributed by atoms with E-state index >= 15 is 0 Å². The molecular weight excluding hydrogens is 532 g/mol. The first kappa shape index (κ1) is 32.6. The second kappa shape index (κ2) is 12.5. The summed E-state index contributed by atoms with van der Waals surface area (Å²) in [5.41, 5.74) is 3.36. The first-order valence-corrected chi connectivity index (χ1v) is 16.9. The van der Waals surface area contributed by atoms with Crippen molar-refractivity contribution >= 4 is 0 Å². The largest absolute Gasteiger partial charge is 0.394 e. The maximum Gasteiger partial charge on any atom is 0.186 e. The minimum absolute atomic E-state index is 0.0789. The van der Waals surface area contributed by atoms with Crippen molar-refractivity contribution in [2.45, 2.75) is 142 Å². The molecule has 0 spiro atoms. The zero-order valence-electron chi connectivity index (χ0n) is 26.8. The Kier molecular flexibility index (Phi) is 9.73. The van der Waals surface area contributed by atoms with E-state index in [0.29, 0.717) is 35.5 Å². The van der Waals surface area contributed by atoms with Crippen molar-refractivity contribution in [1.29, 1.82) is 0 Å². The first-order chi connectivity index (χ1) is 19.8. The average Bonchev–Trinajstić information content (AvgIpc) is 3.32. The summed E-state index contributed by atoms with van der Waals surface area (Å²) in [6.07, 6.45) is 7.66. The predicted molar refractivity (Wildman–Crippen MR) is 162 cm³/mol. The van der Waals surface area contributed by atoms with Gasteiger partial charge in [0.2, 0.25) is 0 Å². The van der Waals surface area contributed by atoms with Gasteiger partial charge in [-0.2, -0.15) is 0 Å². The topological polar surface area (TPSA) is 120 Å². The molecule has 7 heteroatoms. The number of fused-ring (bicyclic) bond motifs is 5. The van der Waals surface area contributed by atoms with E-state index in [1.54, 1.807) is 5.57 Å². The fraction of sp³-hybridized carbons (Fsp3) is 0.886. The van der Waals surface area contributed by atoms with Crippen LogP contribution >= 0.6 is 0 Å². The summed E-state index contributed by atoms with van der Waals surface area (Å²) in [4.78, 5) is 0. The Morgan fingerprint density at radius 3 is 2.43 bits per heavy atom. The first-order valence-electron chi connectivity index (χ1n) is 16.9. The molecule has 42 heavy (non-hydrogen) atoms. The van der Waals surface area contributed by atoms with Crippen molar-refractivity contribution < 1.29 is 35.0 Å². The van der Waals surface area contributed by atoms with E-state index in [1.165, 1.54) is 18.4 Å². The van der Waals surface area contributed by atoms with E-state index in [9.17, 15) is 25.5 Å². The molecule has 1 unspecified atom stereocenters. The number of hydrogen-bond donors (Lipinski definition) is 5. The van der Waals surface area contributed by atoms with Crippen molar-refractivity contribution in [1.82, 2.24) is 0 Å². The summed E-state index contributed by atoms with van der Waals surface area (Å²) >= 11 is 0. The Morgan fingerprint density at radius 1 is 1.02 bits per heavy atom. The van der Waals surface area contributed by atoms with Gasteiger partial charge in [0, 0.05) is 0 Å². The fourth-order valence-corrected chi connectivity index (χ4v) is 9.91. The second-order valence-corrected chi connectivity index (χ2v) is 15.4. The molecule has 14 atom stereocenters. The van der Waals surface area contributed by atoms with Gasteiger partial charge >= 0.3 is 0 Å². The van der Waals surface area contributed by atoms with Crippen LogP contribution in [0.4, 0.5) is 0 Å². The molecule has 5 aliphatic rings. The van der Waals surface area contributed by atoms with Gasteiger partial charge in [-0.25, -0.2) is 0 Å². The molecule has 2 saturated carbocycles. The highest BCUT2D eigenvalue weighted by atomic mass is 16.7. The summed E-state index contributed by atoms with van der Waals surface area (Å²) in [5, 5.41) is 51.8. The highest BCUT2D eigenvalue weighted by Gasteiger charge is 2.56. The standard InChI is InChI=1S/C35H58O7/c1-7-21(19(2)3)16-28(37)20(4)25-10-11-26-24-9-8-22-17-23(12-14-34(22,5)27(24)13-15-35(25,26)6)41-33-32(40)31(39)30(38)29(18-36)42-33/h9,13,19-23,25-26,28-33,36-40H,7-8,10-12,14-18H2,1-6H3/t20-,21+,22?,23-,25+,26-,28+,29+,30-,31-,32+,33+,34-,35+/m0/s1. The van der Waals surface area contributed by atoms with Gasteiger partial charge in [-0.3, -0.25) is 0 Å². The summed E-state index contributed by atoms with van der Waals surface area (Å²) in [7, 11) is 0. The third kappa shape index (κ3) is 5.59. The van der Waals surface area contributed by atoms with Gasteiger partial charge in [-0.15, -0.1) is 0 Å². The fourth-order valence-electron chi connectivity index (χ4n) is 9.91. The van der Waals surface area contributed by atoms with E-state index in [-0.39, 0.29) is 23.0 Å². The molecule has 4 aliphatic carbocycles. The van der Waals surface area contributed by atoms with Crippen molar-refractivity contribution in [3.63, 3.8) is 0 Å². The molecular formula is C35H58O7. The Balaban J connectivity index is 1.27. The molecule has 1 heterocycles. The summed E-state index contributed by atoms with van der Waals surface area (Å²) in [6.45, 7) is 13.6. The van der Waals surface area contributed by atoms with Gasteiger partial charge in [0.25, 0.3) is 0 Å². The molecule has 0 aromatic heterocycles. The van der Waals surface area contributed by atoms with Crippen LogP contribution in [0.1, 0.15) is 99.3 Å². The summed E-state index contributed by atoms with van der Waals surface area (Å²) < 4.78 is 11.9. The predicted octanol–water partition coefficient (Wildman–Crippen LogP) is 4.74. The van der Waals surface area contributed by atoms with E-state index < -0.39 is 37.3 Å².